The second-order valence-corrected chi connectivity index (χ2v) is 6.98. The van der Waals surface area contributed by atoms with Crippen molar-refractivity contribution in [2.75, 3.05) is 0 Å². The van der Waals surface area contributed by atoms with Crippen molar-refractivity contribution in [2.45, 2.75) is 0 Å². The van der Waals surface area contributed by atoms with E-state index in [2.05, 4.69) is 14.5 Å². The fourth-order valence-electron chi connectivity index (χ4n) is 2.70. The number of esters is 4. The summed E-state index contributed by atoms with van der Waals surface area (Å²) in [6.07, 6.45) is 5.34. The van der Waals surface area contributed by atoms with Crippen molar-refractivity contribution in [3.05, 3.63) is 89.3 Å². The number of ether oxygens (including phenoxy) is 2. The molecule has 0 aliphatic rings. The van der Waals surface area contributed by atoms with Crippen LogP contribution in [0.1, 0.15) is 32.0 Å². The Kier molecular flexibility index (Phi) is 7.77. The Labute approximate surface area is 202 Å². The van der Waals surface area contributed by atoms with Gasteiger partial charge in [-0.05, 0) is 59.7 Å². The van der Waals surface area contributed by atoms with Gasteiger partial charge in [0.15, 0.2) is 28.7 Å². The second-order valence-electron chi connectivity index (χ2n) is 6.98. The van der Waals surface area contributed by atoms with Gasteiger partial charge >= 0.3 is 23.9 Å². The molecule has 11 heteroatoms. The van der Waals surface area contributed by atoms with Crippen molar-refractivity contribution >= 4 is 36.0 Å². The van der Waals surface area contributed by atoms with Crippen molar-refractivity contribution in [3.8, 4) is 23.0 Å². The lowest BCUT2D eigenvalue weighted by Crippen LogP contribution is -2.19. The number of hydrogen-bond acceptors (Lipinski definition) is 11. The molecular formula is C25H17NO10. The van der Waals surface area contributed by atoms with Crippen molar-refractivity contribution in [1.29, 1.82) is 0 Å². The molecule has 0 unspecified atom stereocenters. The third-order valence-electron chi connectivity index (χ3n) is 4.43. The number of phenolic OH excluding ortho intramolecular Hbond substituents is 4. The molecule has 3 aromatic rings. The Morgan fingerprint density at radius 2 is 1.17 bits per heavy atom. The number of aromatic nitrogens is 1. The number of rotatable bonds is 6. The van der Waals surface area contributed by atoms with Crippen molar-refractivity contribution in [3.63, 3.8) is 0 Å². The summed E-state index contributed by atoms with van der Waals surface area (Å²) in [5.41, 5.74) is -0.362. The van der Waals surface area contributed by atoms with Gasteiger partial charge in [-0.3, -0.25) is 0 Å². The van der Waals surface area contributed by atoms with E-state index in [0.29, 0.717) is 11.1 Å². The first-order valence-corrected chi connectivity index (χ1v) is 10.0. The van der Waals surface area contributed by atoms with Crippen LogP contribution in [0.25, 0.3) is 12.2 Å². The number of phenols is 4. The molecule has 36 heavy (non-hydrogen) atoms. The minimum atomic E-state index is -1.28. The minimum Gasteiger partial charge on any atom is -0.504 e. The predicted molar refractivity (Wildman–Crippen MR) is 123 cm³/mol. The van der Waals surface area contributed by atoms with E-state index in [1.165, 1.54) is 54.6 Å². The quantitative estimate of drug-likeness (QED) is 0.172. The Morgan fingerprint density at radius 1 is 0.667 bits per heavy atom. The normalized spacial score (nSPS) is 10.9. The van der Waals surface area contributed by atoms with E-state index in [0.717, 1.165) is 24.4 Å². The Morgan fingerprint density at radius 3 is 1.67 bits per heavy atom. The molecule has 0 bridgehead atoms. The predicted octanol–water partition coefficient (Wildman–Crippen LogP) is 2.70. The van der Waals surface area contributed by atoms with E-state index in [9.17, 15) is 39.6 Å². The number of aromatic hydroxyl groups is 4. The first kappa shape index (κ1) is 25.2. The third-order valence-corrected chi connectivity index (χ3v) is 4.43. The molecule has 2 aromatic carbocycles. The Balaban J connectivity index is 1.65. The van der Waals surface area contributed by atoms with Crippen LogP contribution < -0.4 is 0 Å². The Bertz CT molecular complexity index is 1300. The van der Waals surface area contributed by atoms with Gasteiger partial charge in [-0.1, -0.05) is 12.1 Å². The van der Waals surface area contributed by atoms with Crippen LogP contribution >= 0.6 is 0 Å². The molecule has 182 valence electrons. The SMILES string of the molecule is O=C(C=Cc1ccc(O)c(O)c1)OC(=O)c1cccnc1C(=O)OC(=O)C=Cc1ccc(O)c(O)c1. The largest absolute Gasteiger partial charge is 0.504 e. The smallest absolute Gasteiger partial charge is 0.365 e. The summed E-state index contributed by atoms with van der Waals surface area (Å²) in [6, 6.07) is 9.96. The molecule has 1 aromatic heterocycles. The molecule has 0 atom stereocenters. The van der Waals surface area contributed by atoms with Crippen LogP contribution in [-0.2, 0) is 19.1 Å². The molecule has 1 heterocycles. The minimum absolute atomic E-state index is 0.325. The molecule has 0 radical (unpaired) electrons. The van der Waals surface area contributed by atoms with Crippen molar-refractivity contribution in [1.82, 2.24) is 4.98 Å². The lowest BCUT2D eigenvalue weighted by Gasteiger charge is -2.06. The van der Waals surface area contributed by atoms with Crippen LogP contribution in [0.5, 0.6) is 23.0 Å². The van der Waals surface area contributed by atoms with E-state index in [-0.39, 0.29) is 11.5 Å². The topological polar surface area (TPSA) is 181 Å². The number of hydrogen-bond donors (Lipinski definition) is 4. The number of carbonyl (C=O) groups excluding carboxylic acids is 4. The molecule has 0 saturated heterocycles. The second kappa shape index (κ2) is 11.1. The number of nitrogens with zero attached hydrogens (tertiary/aromatic N) is 1. The van der Waals surface area contributed by atoms with E-state index in [1.54, 1.807) is 0 Å². The fourth-order valence-corrected chi connectivity index (χ4v) is 2.70. The van der Waals surface area contributed by atoms with E-state index >= 15 is 0 Å². The van der Waals surface area contributed by atoms with Gasteiger partial charge in [0.1, 0.15) is 0 Å². The number of pyridine rings is 1. The standard InChI is InChI=1S/C25H17NO10/c27-17-7-3-14(12-19(17)29)5-9-21(31)35-24(33)16-2-1-11-26-23(16)25(34)36-22(32)10-6-15-4-8-18(28)20(30)13-15/h1-13,27-30H. The summed E-state index contributed by atoms with van der Waals surface area (Å²) in [5.74, 6) is -6.27. The van der Waals surface area contributed by atoms with Gasteiger partial charge in [0, 0.05) is 18.3 Å². The molecule has 0 saturated carbocycles. The molecule has 0 aliphatic heterocycles. The van der Waals surface area contributed by atoms with Crippen LogP contribution in [0.4, 0.5) is 0 Å². The monoisotopic (exact) mass is 491 g/mol. The van der Waals surface area contributed by atoms with Gasteiger partial charge in [-0.25, -0.2) is 24.2 Å². The van der Waals surface area contributed by atoms with Gasteiger partial charge in [-0.15, -0.1) is 0 Å². The molecule has 0 spiro atoms. The lowest BCUT2D eigenvalue weighted by atomic mass is 10.2. The zero-order valence-corrected chi connectivity index (χ0v) is 18.2. The van der Waals surface area contributed by atoms with E-state index < -0.39 is 46.6 Å². The van der Waals surface area contributed by atoms with Gasteiger partial charge in [0.25, 0.3) is 0 Å². The third kappa shape index (κ3) is 6.54. The lowest BCUT2D eigenvalue weighted by molar-refractivity contribution is -0.133. The molecular weight excluding hydrogens is 474 g/mol. The number of carbonyl (C=O) groups is 4. The highest BCUT2D eigenvalue weighted by atomic mass is 16.6. The first-order chi connectivity index (χ1) is 17.1. The molecule has 0 aliphatic carbocycles. The molecule has 11 nitrogen and oxygen atoms in total. The van der Waals surface area contributed by atoms with Crippen molar-refractivity contribution < 1.29 is 49.1 Å². The average molecular weight is 491 g/mol. The average Bonchev–Trinajstić information content (AvgIpc) is 2.85. The van der Waals surface area contributed by atoms with Gasteiger partial charge < -0.3 is 29.9 Å². The maximum atomic E-state index is 12.4. The summed E-state index contributed by atoms with van der Waals surface area (Å²) >= 11 is 0. The zero-order chi connectivity index (χ0) is 26.2. The Hall–Kier alpha value is -5.45. The van der Waals surface area contributed by atoms with Crippen LogP contribution in [0.3, 0.4) is 0 Å². The summed E-state index contributed by atoms with van der Waals surface area (Å²) in [5, 5.41) is 37.5. The van der Waals surface area contributed by atoms with Gasteiger partial charge in [-0.2, -0.15) is 0 Å². The highest BCUT2D eigenvalue weighted by Crippen LogP contribution is 2.26. The maximum absolute atomic E-state index is 12.4. The van der Waals surface area contributed by atoms with Crippen LogP contribution in [0.15, 0.2) is 66.9 Å². The maximum Gasteiger partial charge on any atom is 0.365 e. The van der Waals surface area contributed by atoms with E-state index in [1.807, 2.05) is 0 Å². The van der Waals surface area contributed by atoms with Gasteiger partial charge in [0.2, 0.25) is 0 Å². The highest BCUT2D eigenvalue weighted by Gasteiger charge is 2.23. The fraction of sp³-hybridized carbons (Fsp3) is 0. The number of benzene rings is 2. The summed E-state index contributed by atoms with van der Waals surface area (Å²) in [4.78, 5) is 52.5. The first-order valence-electron chi connectivity index (χ1n) is 10.0. The van der Waals surface area contributed by atoms with E-state index in [4.69, 9.17) is 0 Å². The highest BCUT2D eigenvalue weighted by molar-refractivity contribution is 6.09. The molecule has 4 N–H and O–H groups in total. The summed E-state index contributed by atoms with van der Waals surface area (Å²) in [6.45, 7) is 0. The molecule has 0 amide bonds. The van der Waals surface area contributed by atoms with Crippen LogP contribution in [0.2, 0.25) is 0 Å². The van der Waals surface area contributed by atoms with Crippen LogP contribution in [-0.4, -0.2) is 49.3 Å². The summed E-state index contributed by atoms with van der Waals surface area (Å²) in [7, 11) is 0. The summed E-state index contributed by atoms with van der Waals surface area (Å²) < 4.78 is 9.31. The van der Waals surface area contributed by atoms with Crippen molar-refractivity contribution in [2.24, 2.45) is 0 Å². The molecule has 0 fully saturated rings. The van der Waals surface area contributed by atoms with Gasteiger partial charge in [0.05, 0.1) is 5.56 Å². The molecule has 3 rings (SSSR count). The van der Waals surface area contributed by atoms with Crippen LogP contribution in [0, 0.1) is 0 Å². The zero-order valence-electron chi connectivity index (χ0n) is 18.2.